The van der Waals surface area contributed by atoms with E-state index in [9.17, 15) is 9.59 Å². The Bertz CT molecular complexity index is 536. The zero-order valence-corrected chi connectivity index (χ0v) is 16.7. The van der Waals surface area contributed by atoms with Gasteiger partial charge in [-0.15, -0.1) is 0 Å². The number of urea groups is 1. The average Bonchev–Trinajstić information content (AvgIpc) is 2.82. The number of nitrogens with zero attached hydrogens (tertiary/aromatic N) is 2. The van der Waals surface area contributed by atoms with E-state index in [1.165, 1.54) is 30.6 Å². The Morgan fingerprint density at radius 1 is 1.35 bits per heavy atom. The molecule has 0 spiro atoms. The van der Waals surface area contributed by atoms with Crippen molar-refractivity contribution in [3.05, 3.63) is 0 Å². The van der Waals surface area contributed by atoms with Gasteiger partial charge in [0.05, 0.1) is 0 Å². The molecule has 3 N–H and O–H groups in total. The van der Waals surface area contributed by atoms with Crippen LogP contribution in [0.15, 0.2) is 4.99 Å². The first kappa shape index (κ1) is 20.5. The molecule has 0 bridgehead atoms. The van der Waals surface area contributed by atoms with Crippen LogP contribution in [0.25, 0.3) is 0 Å². The monoisotopic (exact) mass is 365 g/mol. The molecule has 1 saturated carbocycles. The second-order valence-corrected chi connectivity index (χ2v) is 7.80. The highest BCUT2D eigenvalue weighted by molar-refractivity contribution is 6.06. The van der Waals surface area contributed by atoms with Crippen LogP contribution in [0.2, 0.25) is 0 Å². The summed E-state index contributed by atoms with van der Waals surface area (Å²) in [4.78, 5) is 30.3. The Labute approximate surface area is 157 Å². The quantitative estimate of drug-likeness (QED) is 0.279. The number of carbonyl (C=O) groups excluding carboxylic acids is 2. The van der Waals surface area contributed by atoms with E-state index < -0.39 is 5.54 Å². The van der Waals surface area contributed by atoms with E-state index in [-0.39, 0.29) is 11.9 Å². The Hall–Kier alpha value is -1.79. The molecule has 7 heteroatoms. The maximum Gasteiger partial charge on any atom is 0.325 e. The fraction of sp³-hybridized carbons (Fsp3) is 0.842. The molecule has 1 heterocycles. The van der Waals surface area contributed by atoms with Crippen molar-refractivity contribution in [1.29, 1.82) is 0 Å². The third kappa shape index (κ3) is 5.11. The van der Waals surface area contributed by atoms with Crippen molar-refractivity contribution in [2.45, 2.75) is 77.8 Å². The van der Waals surface area contributed by atoms with Crippen LogP contribution < -0.4 is 16.0 Å². The minimum absolute atomic E-state index is 0.129. The second kappa shape index (κ2) is 9.24. The maximum atomic E-state index is 12.4. The predicted molar refractivity (Wildman–Crippen MR) is 104 cm³/mol. The minimum Gasteiger partial charge on any atom is -0.357 e. The molecule has 1 saturated heterocycles. The van der Waals surface area contributed by atoms with E-state index in [1.807, 2.05) is 6.92 Å². The van der Waals surface area contributed by atoms with E-state index in [1.54, 1.807) is 6.92 Å². The highest BCUT2D eigenvalue weighted by atomic mass is 16.2. The molecule has 3 amide bonds. The van der Waals surface area contributed by atoms with Crippen molar-refractivity contribution in [3.63, 3.8) is 0 Å². The summed E-state index contributed by atoms with van der Waals surface area (Å²) < 4.78 is 0. The molecule has 0 radical (unpaired) electrons. The number of nitrogens with one attached hydrogen (secondary N) is 3. The van der Waals surface area contributed by atoms with E-state index in [0.29, 0.717) is 32.0 Å². The van der Waals surface area contributed by atoms with Gasteiger partial charge in [-0.2, -0.15) is 0 Å². The van der Waals surface area contributed by atoms with Crippen LogP contribution in [0.4, 0.5) is 4.79 Å². The number of amides is 3. The van der Waals surface area contributed by atoms with Crippen LogP contribution in [-0.2, 0) is 4.79 Å². The van der Waals surface area contributed by atoms with Crippen LogP contribution in [-0.4, -0.2) is 54.0 Å². The van der Waals surface area contributed by atoms with Gasteiger partial charge in [-0.05, 0) is 45.4 Å². The lowest BCUT2D eigenvalue weighted by Gasteiger charge is -2.28. The van der Waals surface area contributed by atoms with Crippen LogP contribution >= 0.6 is 0 Å². The molecule has 148 valence electrons. The van der Waals surface area contributed by atoms with Gasteiger partial charge < -0.3 is 16.0 Å². The van der Waals surface area contributed by atoms with Crippen LogP contribution in [0.5, 0.6) is 0 Å². The van der Waals surface area contributed by atoms with Crippen LogP contribution in [0.1, 0.15) is 66.2 Å². The summed E-state index contributed by atoms with van der Waals surface area (Å²) in [6, 6.07) is 0.192. The van der Waals surface area contributed by atoms with E-state index in [2.05, 4.69) is 34.8 Å². The van der Waals surface area contributed by atoms with Gasteiger partial charge in [0.15, 0.2) is 5.96 Å². The third-order valence-corrected chi connectivity index (χ3v) is 5.48. The lowest BCUT2D eigenvalue weighted by Crippen LogP contribution is -2.45. The Morgan fingerprint density at radius 2 is 2.12 bits per heavy atom. The first-order chi connectivity index (χ1) is 12.4. The zero-order chi connectivity index (χ0) is 19.2. The molecule has 2 fully saturated rings. The lowest BCUT2D eigenvalue weighted by molar-refractivity contribution is -0.130. The van der Waals surface area contributed by atoms with Gasteiger partial charge in [0.1, 0.15) is 5.54 Å². The molecule has 0 aromatic heterocycles. The summed E-state index contributed by atoms with van der Waals surface area (Å²) in [6.45, 7) is 9.85. The summed E-state index contributed by atoms with van der Waals surface area (Å²) in [6.07, 6.45) is 6.21. The standard InChI is InChI=1S/C19H35N5O2/c1-5-19(4)16(25)24(18(26)23-19)12-8-11-21-17(20-6-2)22-15-10-7-9-14(3)13-15/h14-15H,5-13H2,1-4H3,(H,23,26)(H2,20,21,22). The highest BCUT2D eigenvalue weighted by Gasteiger charge is 2.45. The van der Waals surface area contributed by atoms with Gasteiger partial charge in [0.25, 0.3) is 5.91 Å². The number of aliphatic imine (C=N–C) groups is 1. The Morgan fingerprint density at radius 3 is 2.73 bits per heavy atom. The summed E-state index contributed by atoms with van der Waals surface area (Å²) in [5.41, 5.74) is -0.755. The summed E-state index contributed by atoms with van der Waals surface area (Å²) in [7, 11) is 0. The molecular weight excluding hydrogens is 330 g/mol. The third-order valence-electron chi connectivity index (χ3n) is 5.48. The SMILES string of the molecule is CCNC(=NCCCN1C(=O)NC(C)(CC)C1=O)NC1CCCC(C)C1. The van der Waals surface area contributed by atoms with E-state index >= 15 is 0 Å². The number of hydrogen-bond acceptors (Lipinski definition) is 3. The van der Waals surface area contributed by atoms with Crippen molar-refractivity contribution >= 4 is 17.9 Å². The number of guanidine groups is 1. The van der Waals surface area contributed by atoms with Crippen molar-refractivity contribution in [2.24, 2.45) is 10.9 Å². The fourth-order valence-corrected chi connectivity index (χ4v) is 3.69. The molecule has 3 unspecified atom stereocenters. The van der Waals surface area contributed by atoms with Crippen molar-refractivity contribution in [2.75, 3.05) is 19.6 Å². The molecular formula is C19H35N5O2. The van der Waals surface area contributed by atoms with Gasteiger partial charge in [0.2, 0.25) is 0 Å². The number of rotatable bonds is 7. The van der Waals surface area contributed by atoms with Gasteiger partial charge in [0, 0.05) is 25.7 Å². The zero-order valence-electron chi connectivity index (χ0n) is 16.7. The number of imide groups is 1. The first-order valence-electron chi connectivity index (χ1n) is 10.1. The van der Waals surface area contributed by atoms with Gasteiger partial charge in [-0.3, -0.25) is 14.7 Å². The summed E-state index contributed by atoms with van der Waals surface area (Å²) in [5.74, 6) is 1.47. The highest BCUT2D eigenvalue weighted by Crippen LogP contribution is 2.23. The molecule has 2 aliphatic rings. The first-order valence-corrected chi connectivity index (χ1v) is 10.1. The minimum atomic E-state index is -0.755. The second-order valence-electron chi connectivity index (χ2n) is 7.80. The molecule has 26 heavy (non-hydrogen) atoms. The van der Waals surface area contributed by atoms with Gasteiger partial charge in [-0.25, -0.2) is 4.79 Å². The predicted octanol–water partition coefficient (Wildman–Crippen LogP) is 2.23. The lowest BCUT2D eigenvalue weighted by atomic mass is 9.87. The molecule has 1 aliphatic heterocycles. The van der Waals surface area contributed by atoms with Gasteiger partial charge >= 0.3 is 6.03 Å². The largest absolute Gasteiger partial charge is 0.357 e. The Balaban J connectivity index is 1.82. The van der Waals surface area contributed by atoms with Crippen molar-refractivity contribution in [1.82, 2.24) is 20.9 Å². The topological polar surface area (TPSA) is 85.8 Å². The maximum absolute atomic E-state index is 12.4. The molecule has 3 atom stereocenters. The number of hydrogen-bond donors (Lipinski definition) is 3. The summed E-state index contributed by atoms with van der Waals surface area (Å²) >= 11 is 0. The van der Waals surface area contributed by atoms with Crippen LogP contribution in [0.3, 0.4) is 0 Å². The van der Waals surface area contributed by atoms with Crippen LogP contribution in [0, 0.1) is 5.92 Å². The van der Waals surface area contributed by atoms with E-state index in [0.717, 1.165) is 18.4 Å². The fourth-order valence-electron chi connectivity index (χ4n) is 3.69. The molecule has 1 aliphatic carbocycles. The number of carbonyl (C=O) groups is 2. The van der Waals surface area contributed by atoms with E-state index in [4.69, 9.17) is 0 Å². The van der Waals surface area contributed by atoms with Gasteiger partial charge in [-0.1, -0.05) is 26.7 Å². The molecule has 7 nitrogen and oxygen atoms in total. The average molecular weight is 366 g/mol. The smallest absolute Gasteiger partial charge is 0.325 e. The van der Waals surface area contributed by atoms with Crippen molar-refractivity contribution < 1.29 is 9.59 Å². The molecule has 0 aromatic carbocycles. The molecule has 2 rings (SSSR count). The molecule has 0 aromatic rings. The normalized spacial score (nSPS) is 29.7. The Kier molecular flexibility index (Phi) is 7.29. The summed E-state index contributed by atoms with van der Waals surface area (Å²) in [5, 5.41) is 9.61. The van der Waals surface area contributed by atoms with Crippen molar-refractivity contribution in [3.8, 4) is 0 Å².